The number of aryl methyl sites for hydroxylation is 1. The summed E-state index contributed by atoms with van der Waals surface area (Å²) in [5.74, 6) is 0.762. The van der Waals surface area contributed by atoms with Crippen LogP contribution in [0.3, 0.4) is 0 Å². The Balaban J connectivity index is 1.86. The third kappa shape index (κ3) is 2.94. The number of hydrogen-bond donors (Lipinski definition) is 1. The lowest BCUT2D eigenvalue weighted by Crippen LogP contribution is -2.26. The van der Waals surface area contributed by atoms with Crippen LogP contribution in [0.2, 0.25) is 0 Å². The lowest BCUT2D eigenvalue weighted by atomic mass is 10.2. The van der Waals surface area contributed by atoms with Gasteiger partial charge in [0.2, 0.25) is 0 Å². The van der Waals surface area contributed by atoms with Crippen LogP contribution in [0.4, 0.5) is 5.69 Å². The van der Waals surface area contributed by atoms with E-state index in [1.165, 1.54) is 4.90 Å². The Hall–Kier alpha value is -3.08. The zero-order valence-electron chi connectivity index (χ0n) is 12.9. The first-order chi connectivity index (χ1) is 11.1. The van der Waals surface area contributed by atoms with Crippen molar-refractivity contribution in [2.75, 3.05) is 11.9 Å². The molecule has 0 atom stereocenters. The first kappa shape index (κ1) is 14.8. The molecule has 5 heteroatoms. The minimum absolute atomic E-state index is 0.184. The van der Waals surface area contributed by atoms with Gasteiger partial charge in [0.05, 0.1) is 11.9 Å². The van der Waals surface area contributed by atoms with Crippen molar-refractivity contribution in [1.82, 2.24) is 4.98 Å². The van der Waals surface area contributed by atoms with Gasteiger partial charge in [-0.2, -0.15) is 0 Å². The van der Waals surface area contributed by atoms with E-state index in [9.17, 15) is 9.90 Å². The number of benzene rings is 1. The number of furan rings is 1. The molecule has 0 spiro atoms. The quantitative estimate of drug-likeness (QED) is 0.802. The van der Waals surface area contributed by atoms with Crippen molar-refractivity contribution >= 4 is 11.6 Å². The molecule has 0 radical (unpaired) electrons. The number of carbonyl (C=O) groups excluding carboxylic acids is 1. The standard InChI is InChI=1S/C18H16N2O3/c1-12-9-10-19-11-15(12)20(2)18(22)17-8-7-16(23-17)13-3-5-14(21)6-4-13/h3-11,21H,1-2H3. The molecule has 2 aromatic heterocycles. The average Bonchev–Trinajstić information content (AvgIpc) is 3.04. The van der Waals surface area contributed by atoms with Gasteiger partial charge in [0.25, 0.3) is 5.91 Å². The molecule has 0 saturated carbocycles. The van der Waals surface area contributed by atoms with E-state index in [-0.39, 0.29) is 17.4 Å². The van der Waals surface area contributed by atoms with E-state index in [4.69, 9.17) is 4.42 Å². The summed E-state index contributed by atoms with van der Waals surface area (Å²) in [6.45, 7) is 1.92. The van der Waals surface area contributed by atoms with Crippen LogP contribution in [0, 0.1) is 6.92 Å². The molecule has 0 aliphatic heterocycles. The number of amides is 1. The molecule has 2 heterocycles. The molecule has 23 heavy (non-hydrogen) atoms. The van der Waals surface area contributed by atoms with Crippen molar-refractivity contribution in [3.8, 4) is 17.1 Å². The summed E-state index contributed by atoms with van der Waals surface area (Å²) in [5, 5.41) is 9.32. The number of anilines is 1. The SMILES string of the molecule is Cc1ccncc1N(C)C(=O)c1ccc(-c2ccc(O)cc2)o1. The molecular formula is C18H16N2O3. The minimum Gasteiger partial charge on any atom is -0.508 e. The van der Waals surface area contributed by atoms with Crippen LogP contribution in [0.5, 0.6) is 5.75 Å². The van der Waals surface area contributed by atoms with Crippen molar-refractivity contribution in [2.45, 2.75) is 6.92 Å². The summed E-state index contributed by atoms with van der Waals surface area (Å²) in [6.07, 6.45) is 3.34. The molecule has 0 bridgehead atoms. The first-order valence-corrected chi connectivity index (χ1v) is 7.14. The van der Waals surface area contributed by atoms with E-state index >= 15 is 0 Å². The Labute approximate surface area is 133 Å². The normalized spacial score (nSPS) is 10.5. The number of phenols is 1. The van der Waals surface area contributed by atoms with E-state index in [1.807, 2.05) is 13.0 Å². The van der Waals surface area contributed by atoms with Gasteiger partial charge in [-0.15, -0.1) is 0 Å². The van der Waals surface area contributed by atoms with Gasteiger partial charge in [-0.05, 0) is 55.0 Å². The third-order valence-electron chi connectivity index (χ3n) is 3.65. The van der Waals surface area contributed by atoms with E-state index in [0.29, 0.717) is 5.76 Å². The van der Waals surface area contributed by atoms with Crippen molar-refractivity contribution in [1.29, 1.82) is 0 Å². The van der Waals surface area contributed by atoms with Crippen molar-refractivity contribution in [2.24, 2.45) is 0 Å². The van der Waals surface area contributed by atoms with Crippen LogP contribution in [-0.2, 0) is 0 Å². The number of aromatic hydroxyl groups is 1. The lowest BCUT2D eigenvalue weighted by molar-refractivity contribution is 0.0967. The Kier molecular flexibility index (Phi) is 3.85. The smallest absolute Gasteiger partial charge is 0.293 e. The third-order valence-corrected chi connectivity index (χ3v) is 3.65. The topological polar surface area (TPSA) is 66.6 Å². The molecule has 3 aromatic rings. The maximum atomic E-state index is 12.6. The Bertz CT molecular complexity index is 837. The van der Waals surface area contributed by atoms with Crippen LogP contribution in [-0.4, -0.2) is 23.0 Å². The molecule has 5 nitrogen and oxygen atoms in total. The Morgan fingerprint density at radius 1 is 1.13 bits per heavy atom. The minimum atomic E-state index is -0.244. The predicted molar refractivity (Wildman–Crippen MR) is 87.5 cm³/mol. The highest BCUT2D eigenvalue weighted by Gasteiger charge is 2.19. The van der Waals surface area contributed by atoms with Gasteiger partial charge < -0.3 is 14.4 Å². The highest BCUT2D eigenvalue weighted by molar-refractivity contribution is 6.04. The maximum absolute atomic E-state index is 12.6. The monoisotopic (exact) mass is 308 g/mol. The number of pyridine rings is 1. The predicted octanol–water partition coefficient (Wildman–Crippen LogP) is 3.63. The Morgan fingerprint density at radius 3 is 2.57 bits per heavy atom. The second-order valence-corrected chi connectivity index (χ2v) is 5.24. The highest BCUT2D eigenvalue weighted by Crippen LogP contribution is 2.26. The summed E-state index contributed by atoms with van der Waals surface area (Å²) in [4.78, 5) is 18.1. The molecule has 0 unspecified atom stereocenters. The van der Waals surface area contributed by atoms with Crippen LogP contribution in [0.15, 0.2) is 59.3 Å². The van der Waals surface area contributed by atoms with Gasteiger partial charge in [0, 0.05) is 18.8 Å². The number of hydrogen-bond acceptors (Lipinski definition) is 4. The molecular weight excluding hydrogens is 292 g/mol. The summed E-state index contributed by atoms with van der Waals surface area (Å²) in [6, 6.07) is 11.9. The van der Waals surface area contributed by atoms with Gasteiger partial charge in [0.1, 0.15) is 11.5 Å². The number of nitrogens with zero attached hydrogens (tertiary/aromatic N) is 2. The fourth-order valence-corrected chi connectivity index (χ4v) is 2.32. The molecule has 0 aliphatic rings. The molecule has 0 saturated heterocycles. The maximum Gasteiger partial charge on any atom is 0.293 e. The molecule has 1 amide bonds. The van der Waals surface area contributed by atoms with Crippen LogP contribution in [0.1, 0.15) is 16.1 Å². The van der Waals surface area contributed by atoms with Crippen molar-refractivity contribution in [3.05, 3.63) is 66.2 Å². The summed E-state index contributed by atoms with van der Waals surface area (Å²) < 4.78 is 5.66. The van der Waals surface area contributed by atoms with Gasteiger partial charge in [-0.3, -0.25) is 9.78 Å². The van der Waals surface area contributed by atoms with Gasteiger partial charge >= 0.3 is 0 Å². The van der Waals surface area contributed by atoms with Crippen LogP contribution < -0.4 is 4.90 Å². The largest absolute Gasteiger partial charge is 0.508 e. The summed E-state index contributed by atoms with van der Waals surface area (Å²) in [5.41, 5.74) is 2.49. The van der Waals surface area contributed by atoms with E-state index in [2.05, 4.69) is 4.98 Å². The average molecular weight is 308 g/mol. The fourth-order valence-electron chi connectivity index (χ4n) is 2.32. The number of rotatable bonds is 3. The summed E-state index contributed by atoms with van der Waals surface area (Å²) in [7, 11) is 1.69. The van der Waals surface area contributed by atoms with Gasteiger partial charge in [-0.25, -0.2) is 0 Å². The fraction of sp³-hybridized carbons (Fsp3) is 0.111. The highest BCUT2D eigenvalue weighted by atomic mass is 16.4. The Morgan fingerprint density at radius 2 is 1.87 bits per heavy atom. The van der Waals surface area contributed by atoms with Crippen molar-refractivity contribution < 1.29 is 14.3 Å². The molecule has 0 fully saturated rings. The number of aromatic nitrogens is 1. The zero-order valence-corrected chi connectivity index (χ0v) is 12.9. The lowest BCUT2D eigenvalue weighted by Gasteiger charge is -2.17. The first-order valence-electron chi connectivity index (χ1n) is 7.14. The summed E-state index contributed by atoms with van der Waals surface area (Å²) >= 11 is 0. The molecule has 3 rings (SSSR count). The number of carbonyl (C=O) groups is 1. The van der Waals surface area contributed by atoms with E-state index in [1.54, 1.807) is 55.8 Å². The van der Waals surface area contributed by atoms with Crippen LogP contribution >= 0.6 is 0 Å². The zero-order chi connectivity index (χ0) is 16.4. The van der Waals surface area contributed by atoms with E-state index < -0.39 is 0 Å². The number of phenolic OH excluding ortho intramolecular Hbond substituents is 1. The molecule has 0 aliphatic carbocycles. The molecule has 1 aromatic carbocycles. The van der Waals surface area contributed by atoms with E-state index in [0.717, 1.165) is 16.8 Å². The van der Waals surface area contributed by atoms with Gasteiger partial charge in [-0.1, -0.05) is 0 Å². The molecule has 116 valence electrons. The second kappa shape index (κ2) is 5.96. The molecule has 1 N–H and O–H groups in total. The van der Waals surface area contributed by atoms with Crippen LogP contribution in [0.25, 0.3) is 11.3 Å². The van der Waals surface area contributed by atoms with Gasteiger partial charge in [0.15, 0.2) is 5.76 Å². The second-order valence-electron chi connectivity index (χ2n) is 5.24. The van der Waals surface area contributed by atoms with Crippen molar-refractivity contribution in [3.63, 3.8) is 0 Å².